The van der Waals surface area contributed by atoms with Gasteiger partial charge in [-0.05, 0) is 38.5 Å². The molecule has 0 atom stereocenters. The lowest BCUT2D eigenvalue weighted by atomic mass is 10.1. The Labute approximate surface area is 160 Å². The van der Waals surface area contributed by atoms with Crippen LogP contribution in [0.2, 0.25) is 0 Å². The number of nitrogens with one attached hydrogen (secondary N) is 2. The monoisotopic (exact) mass is 427 g/mol. The normalized spacial score (nSPS) is 11.1. The topological polar surface area (TPSA) is 72.5 Å². The van der Waals surface area contributed by atoms with Crippen molar-refractivity contribution in [1.29, 1.82) is 0 Å². The molecule has 0 saturated carbocycles. The summed E-state index contributed by atoms with van der Waals surface area (Å²) >= 11 is 5.08. The van der Waals surface area contributed by atoms with E-state index in [9.17, 15) is 4.79 Å². The van der Waals surface area contributed by atoms with Crippen LogP contribution in [0.25, 0.3) is 0 Å². The van der Waals surface area contributed by atoms with Gasteiger partial charge in [0.25, 0.3) is 5.91 Å². The molecule has 0 radical (unpaired) electrons. The van der Waals surface area contributed by atoms with E-state index in [4.69, 9.17) is 9.47 Å². The lowest BCUT2D eigenvalue weighted by Gasteiger charge is -2.21. The predicted molar refractivity (Wildman–Crippen MR) is 104 cm³/mol. The quantitative estimate of drug-likeness (QED) is 0.702. The summed E-state index contributed by atoms with van der Waals surface area (Å²) in [6.45, 7) is 6.29. The van der Waals surface area contributed by atoms with E-state index < -0.39 is 0 Å². The minimum Gasteiger partial charge on any atom is -0.493 e. The Hall–Kier alpha value is -1.80. The van der Waals surface area contributed by atoms with E-state index in [0.29, 0.717) is 18.0 Å². The molecular formula is C17H22BrN3O3S. The van der Waals surface area contributed by atoms with Gasteiger partial charge in [0.05, 0.1) is 7.11 Å². The zero-order valence-electron chi connectivity index (χ0n) is 14.7. The average Bonchev–Trinajstić information content (AvgIpc) is 3.03. The van der Waals surface area contributed by atoms with Crippen molar-refractivity contribution >= 4 is 38.3 Å². The van der Waals surface area contributed by atoms with E-state index in [2.05, 4.69) is 31.5 Å². The Balaban J connectivity index is 2.04. The van der Waals surface area contributed by atoms with Crippen LogP contribution in [0.4, 0.5) is 5.13 Å². The van der Waals surface area contributed by atoms with E-state index in [1.54, 1.807) is 13.3 Å². The molecule has 0 unspecified atom stereocenters. The van der Waals surface area contributed by atoms with Crippen molar-refractivity contribution in [2.45, 2.75) is 32.9 Å². The second kappa shape index (κ2) is 8.53. The second-order valence-corrected chi connectivity index (χ2v) is 8.12. The van der Waals surface area contributed by atoms with Crippen molar-refractivity contribution in [2.75, 3.05) is 19.0 Å². The van der Waals surface area contributed by atoms with Gasteiger partial charge in [-0.15, -0.1) is 11.3 Å². The van der Waals surface area contributed by atoms with Gasteiger partial charge < -0.3 is 20.1 Å². The third kappa shape index (κ3) is 6.21. The maximum absolute atomic E-state index is 11.9. The molecule has 2 rings (SSSR count). The van der Waals surface area contributed by atoms with Gasteiger partial charge in [-0.2, -0.15) is 0 Å². The van der Waals surface area contributed by atoms with Crippen molar-refractivity contribution in [2.24, 2.45) is 0 Å². The van der Waals surface area contributed by atoms with Gasteiger partial charge in [0.2, 0.25) is 0 Å². The number of aromatic nitrogens is 1. The first-order valence-electron chi connectivity index (χ1n) is 7.72. The van der Waals surface area contributed by atoms with Crippen LogP contribution in [0.15, 0.2) is 28.2 Å². The molecule has 0 aliphatic heterocycles. The molecule has 6 nitrogen and oxygen atoms in total. The summed E-state index contributed by atoms with van der Waals surface area (Å²) in [7, 11) is 1.57. The first kappa shape index (κ1) is 19.5. The fourth-order valence-electron chi connectivity index (χ4n) is 2.06. The predicted octanol–water partition coefficient (Wildman–Crippen LogP) is 3.82. The van der Waals surface area contributed by atoms with Crippen LogP contribution in [-0.4, -0.2) is 30.1 Å². The molecule has 2 N–H and O–H groups in total. The number of carbonyl (C=O) groups is 1. The molecule has 1 heterocycles. The standard InChI is InChI=1S/C17H22BrN3O3S/c1-17(2,3)21-15(22)10-24-14-8-12(18)11(7-13(14)23-4)9-20-16-19-5-6-25-16/h5-8H,9-10H2,1-4H3,(H,19,20)(H,21,22). The minimum atomic E-state index is -0.295. The summed E-state index contributed by atoms with van der Waals surface area (Å²) < 4.78 is 11.9. The fraction of sp³-hybridized carbons (Fsp3) is 0.412. The van der Waals surface area contributed by atoms with Crippen LogP contribution < -0.4 is 20.1 Å². The molecule has 1 aromatic heterocycles. The average molecular weight is 428 g/mol. The van der Waals surface area contributed by atoms with Gasteiger partial charge in [0.1, 0.15) is 0 Å². The minimum absolute atomic E-state index is 0.0726. The smallest absolute Gasteiger partial charge is 0.258 e. The second-order valence-electron chi connectivity index (χ2n) is 6.37. The molecule has 2 aromatic rings. The third-order valence-corrected chi connectivity index (χ3v) is 4.54. The van der Waals surface area contributed by atoms with Crippen LogP contribution in [0, 0.1) is 0 Å². The number of rotatable bonds is 7. The maximum Gasteiger partial charge on any atom is 0.258 e. The summed E-state index contributed by atoms with van der Waals surface area (Å²) in [5.74, 6) is 0.902. The van der Waals surface area contributed by atoms with E-state index in [1.807, 2.05) is 38.3 Å². The van der Waals surface area contributed by atoms with Gasteiger partial charge >= 0.3 is 0 Å². The highest BCUT2D eigenvalue weighted by Crippen LogP contribution is 2.34. The summed E-state index contributed by atoms with van der Waals surface area (Å²) in [5.41, 5.74) is 0.703. The van der Waals surface area contributed by atoms with E-state index in [1.165, 1.54) is 11.3 Å². The van der Waals surface area contributed by atoms with Gasteiger partial charge in [-0.3, -0.25) is 4.79 Å². The zero-order chi connectivity index (χ0) is 18.4. The molecular weight excluding hydrogens is 406 g/mol. The molecule has 1 amide bonds. The molecule has 0 fully saturated rings. The number of thiazole rings is 1. The van der Waals surface area contributed by atoms with Crippen molar-refractivity contribution < 1.29 is 14.3 Å². The largest absolute Gasteiger partial charge is 0.493 e. The van der Waals surface area contributed by atoms with Crippen LogP contribution in [0.5, 0.6) is 11.5 Å². The van der Waals surface area contributed by atoms with Gasteiger partial charge in [-0.1, -0.05) is 15.9 Å². The lowest BCUT2D eigenvalue weighted by Crippen LogP contribution is -2.43. The van der Waals surface area contributed by atoms with Crippen molar-refractivity contribution in [3.63, 3.8) is 0 Å². The zero-order valence-corrected chi connectivity index (χ0v) is 17.1. The Bertz CT molecular complexity index is 715. The van der Waals surface area contributed by atoms with E-state index >= 15 is 0 Å². The molecule has 25 heavy (non-hydrogen) atoms. The molecule has 0 saturated heterocycles. The Morgan fingerprint density at radius 2 is 2.08 bits per heavy atom. The van der Waals surface area contributed by atoms with Crippen molar-refractivity contribution in [1.82, 2.24) is 10.3 Å². The van der Waals surface area contributed by atoms with Crippen LogP contribution in [0.3, 0.4) is 0 Å². The number of methoxy groups -OCH3 is 1. The summed E-state index contributed by atoms with van der Waals surface area (Å²) in [6.07, 6.45) is 1.75. The summed E-state index contributed by atoms with van der Waals surface area (Å²) in [6, 6.07) is 3.68. The number of nitrogens with zero attached hydrogens (tertiary/aromatic N) is 1. The number of benzene rings is 1. The number of anilines is 1. The number of carbonyl (C=O) groups excluding carboxylic acids is 1. The molecule has 0 spiro atoms. The number of halogens is 1. The van der Waals surface area contributed by atoms with Gasteiger partial charge in [0.15, 0.2) is 23.2 Å². The Morgan fingerprint density at radius 3 is 2.68 bits per heavy atom. The number of hydrogen-bond donors (Lipinski definition) is 2. The number of ether oxygens (including phenoxy) is 2. The lowest BCUT2D eigenvalue weighted by molar-refractivity contribution is -0.124. The molecule has 0 aliphatic carbocycles. The van der Waals surface area contributed by atoms with Crippen LogP contribution in [-0.2, 0) is 11.3 Å². The molecule has 136 valence electrons. The summed E-state index contributed by atoms with van der Waals surface area (Å²) in [4.78, 5) is 16.1. The molecule has 0 aliphatic rings. The van der Waals surface area contributed by atoms with Crippen molar-refractivity contribution in [3.8, 4) is 11.5 Å². The Morgan fingerprint density at radius 1 is 1.32 bits per heavy atom. The third-order valence-electron chi connectivity index (χ3n) is 3.07. The van der Waals surface area contributed by atoms with Crippen molar-refractivity contribution in [3.05, 3.63) is 33.7 Å². The first-order chi connectivity index (χ1) is 11.8. The van der Waals surface area contributed by atoms with Crippen LogP contribution >= 0.6 is 27.3 Å². The molecule has 0 bridgehead atoms. The van der Waals surface area contributed by atoms with E-state index in [-0.39, 0.29) is 18.1 Å². The highest BCUT2D eigenvalue weighted by Gasteiger charge is 2.16. The van der Waals surface area contributed by atoms with Gasteiger partial charge in [0, 0.05) is 28.1 Å². The first-order valence-corrected chi connectivity index (χ1v) is 9.39. The maximum atomic E-state index is 11.9. The Kier molecular flexibility index (Phi) is 6.66. The number of amides is 1. The number of hydrogen-bond acceptors (Lipinski definition) is 6. The van der Waals surface area contributed by atoms with E-state index in [0.717, 1.165) is 15.2 Å². The highest BCUT2D eigenvalue weighted by atomic mass is 79.9. The fourth-order valence-corrected chi connectivity index (χ4v) is 3.05. The SMILES string of the molecule is COc1cc(CNc2nccs2)c(Br)cc1OCC(=O)NC(C)(C)C. The highest BCUT2D eigenvalue weighted by molar-refractivity contribution is 9.10. The summed E-state index contributed by atoms with van der Waals surface area (Å²) in [5, 5.41) is 8.87. The molecule has 8 heteroatoms. The van der Waals surface area contributed by atoms with Gasteiger partial charge in [-0.25, -0.2) is 4.98 Å². The molecule has 1 aromatic carbocycles. The van der Waals surface area contributed by atoms with Crippen LogP contribution in [0.1, 0.15) is 26.3 Å².